The van der Waals surface area contributed by atoms with E-state index in [-0.39, 0.29) is 23.6 Å². The number of halogens is 1. The molecule has 0 atom stereocenters. The molecule has 0 aromatic heterocycles. The van der Waals surface area contributed by atoms with E-state index in [2.05, 4.69) is 21.2 Å². The number of carbonyl (C=O) groups is 2. The highest BCUT2D eigenvalue weighted by molar-refractivity contribution is 9.10. The van der Waals surface area contributed by atoms with E-state index in [0.717, 1.165) is 4.47 Å². The molecule has 2 aromatic carbocycles. The van der Waals surface area contributed by atoms with Gasteiger partial charge in [0.15, 0.2) is 0 Å². The molecule has 1 aliphatic rings. The largest absolute Gasteiger partial charge is 0.507 e. The van der Waals surface area contributed by atoms with Crippen LogP contribution in [0.2, 0.25) is 0 Å². The summed E-state index contributed by atoms with van der Waals surface area (Å²) in [5, 5.41) is 12.9. The number of likely N-dealkylation sites (tertiary alicyclic amines) is 1. The van der Waals surface area contributed by atoms with Gasteiger partial charge in [-0.05, 0) is 53.0 Å². The van der Waals surface area contributed by atoms with Crippen molar-refractivity contribution in [3.63, 3.8) is 0 Å². The van der Waals surface area contributed by atoms with E-state index in [9.17, 15) is 14.7 Å². The summed E-state index contributed by atoms with van der Waals surface area (Å²) in [6.07, 6.45) is 1.38. The number of piperidine rings is 1. The molecule has 1 fully saturated rings. The SMILES string of the molecule is O=C(NC1CCN(C(=O)c2ccccc2O)CC1)c1ccccc1Br. The first-order chi connectivity index (χ1) is 12.1. The summed E-state index contributed by atoms with van der Waals surface area (Å²) in [6.45, 7) is 1.10. The molecular formula is C19H19BrN2O3. The number of rotatable bonds is 3. The van der Waals surface area contributed by atoms with Crippen molar-refractivity contribution in [1.82, 2.24) is 10.2 Å². The summed E-state index contributed by atoms with van der Waals surface area (Å²) >= 11 is 3.39. The highest BCUT2D eigenvalue weighted by Gasteiger charge is 2.26. The molecule has 0 spiro atoms. The van der Waals surface area contributed by atoms with Gasteiger partial charge in [-0.2, -0.15) is 0 Å². The van der Waals surface area contributed by atoms with Gasteiger partial charge in [0.05, 0.1) is 11.1 Å². The molecule has 5 nitrogen and oxygen atoms in total. The molecule has 1 heterocycles. The summed E-state index contributed by atoms with van der Waals surface area (Å²) < 4.78 is 0.764. The second kappa shape index (κ2) is 7.70. The summed E-state index contributed by atoms with van der Waals surface area (Å²) in [6, 6.07) is 13.9. The maximum Gasteiger partial charge on any atom is 0.257 e. The minimum absolute atomic E-state index is 0.00291. The zero-order valence-electron chi connectivity index (χ0n) is 13.6. The molecule has 25 heavy (non-hydrogen) atoms. The number of amides is 2. The van der Waals surface area contributed by atoms with Gasteiger partial charge in [0.2, 0.25) is 0 Å². The van der Waals surface area contributed by atoms with Gasteiger partial charge in [0.1, 0.15) is 5.75 Å². The van der Waals surface area contributed by atoms with Crippen LogP contribution in [0.1, 0.15) is 33.6 Å². The fraction of sp³-hybridized carbons (Fsp3) is 0.263. The van der Waals surface area contributed by atoms with Crippen LogP contribution in [0, 0.1) is 0 Å². The van der Waals surface area contributed by atoms with Crippen LogP contribution in [0.15, 0.2) is 53.0 Å². The van der Waals surface area contributed by atoms with Gasteiger partial charge in [0.25, 0.3) is 11.8 Å². The normalized spacial score (nSPS) is 15.0. The fourth-order valence-corrected chi connectivity index (χ4v) is 3.43. The van der Waals surface area contributed by atoms with E-state index in [1.54, 1.807) is 29.2 Å². The van der Waals surface area contributed by atoms with Crippen molar-refractivity contribution in [2.24, 2.45) is 0 Å². The van der Waals surface area contributed by atoms with Crippen LogP contribution < -0.4 is 5.32 Å². The molecular weight excluding hydrogens is 384 g/mol. The van der Waals surface area contributed by atoms with Crippen molar-refractivity contribution < 1.29 is 14.7 Å². The summed E-state index contributed by atoms with van der Waals surface area (Å²) in [7, 11) is 0. The monoisotopic (exact) mass is 402 g/mol. The van der Waals surface area contributed by atoms with E-state index >= 15 is 0 Å². The molecule has 2 aromatic rings. The molecule has 0 aliphatic carbocycles. The summed E-state index contributed by atoms with van der Waals surface area (Å²) in [5.74, 6) is -0.288. The number of nitrogens with one attached hydrogen (secondary N) is 1. The van der Waals surface area contributed by atoms with Gasteiger partial charge < -0.3 is 15.3 Å². The third-order valence-corrected chi connectivity index (χ3v) is 5.06. The van der Waals surface area contributed by atoms with Crippen LogP contribution in [0.4, 0.5) is 0 Å². The third kappa shape index (κ3) is 4.02. The van der Waals surface area contributed by atoms with Crippen LogP contribution in [0.25, 0.3) is 0 Å². The van der Waals surface area contributed by atoms with Crippen LogP contribution in [0.3, 0.4) is 0 Å². The van der Waals surface area contributed by atoms with E-state index in [1.165, 1.54) is 6.07 Å². The first kappa shape index (κ1) is 17.5. The minimum Gasteiger partial charge on any atom is -0.507 e. The van der Waals surface area contributed by atoms with Gasteiger partial charge in [-0.15, -0.1) is 0 Å². The lowest BCUT2D eigenvalue weighted by Gasteiger charge is -2.32. The Morgan fingerprint density at radius 1 is 1.00 bits per heavy atom. The first-order valence-electron chi connectivity index (χ1n) is 8.19. The Balaban J connectivity index is 1.57. The highest BCUT2D eigenvalue weighted by Crippen LogP contribution is 2.21. The predicted molar refractivity (Wildman–Crippen MR) is 98.6 cm³/mol. The topological polar surface area (TPSA) is 69.6 Å². The molecule has 0 radical (unpaired) electrons. The second-order valence-electron chi connectivity index (χ2n) is 6.04. The number of aromatic hydroxyl groups is 1. The molecule has 1 aliphatic heterocycles. The van der Waals surface area contributed by atoms with Crippen molar-refractivity contribution >= 4 is 27.7 Å². The number of para-hydroxylation sites is 1. The number of benzene rings is 2. The van der Waals surface area contributed by atoms with E-state index in [0.29, 0.717) is 37.1 Å². The quantitative estimate of drug-likeness (QED) is 0.827. The van der Waals surface area contributed by atoms with Gasteiger partial charge in [-0.3, -0.25) is 9.59 Å². The van der Waals surface area contributed by atoms with Crippen LogP contribution in [0.5, 0.6) is 5.75 Å². The average Bonchev–Trinajstić information content (AvgIpc) is 2.62. The number of hydrogen-bond acceptors (Lipinski definition) is 3. The Morgan fingerprint density at radius 3 is 2.24 bits per heavy atom. The molecule has 130 valence electrons. The van der Waals surface area contributed by atoms with Gasteiger partial charge in [-0.1, -0.05) is 24.3 Å². The van der Waals surface area contributed by atoms with Crippen molar-refractivity contribution in [1.29, 1.82) is 0 Å². The number of nitrogens with zero attached hydrogens (tertiary/aromatic N) is 1. The lowest BCUT2D eigenvalue weighted by atomic mass is 10.0. The summed E-state index contributed by atoms with van der Waals surface area (Å²) in [5.41, 5.74) is 0.924. The molecule has 2 N–H and O–H groups in total. The van der Waals surface area contributed by atoms with E-state index in [4.69, 9.17) is 0 Å². The van der Waals surface area contributed by atoms with Gasteiger partial charge in [-0.25, -0.2) is 0 Å². The number of phenolic OH excluding ortho intramolecular Hbond substituents is 1. The highest BCUT2D eigenvalue weighted by atomic mass is 79.9. The Morgan fingerprint density at radius 2 is 1.60 bits per heavy atom. The molecule has 0 bridgehead atoms. The van der Waals surface area contributed by atoms with Crippen LogP contribution in [-0.2, 0) is 0 Å². The lowest BCUT2D eigenvalue weighted by molar-refractivity contribution is 0.0695. The molecule has 3 rings (SSSR count). The zero-order chi connectivity index (χ0) is 17.8. The number of phenols is 1. The van der Waals surface area contributed by atoms with Gasteiger partial charge >= 0.3 is 0 Å². The van der Waals surface area contributed by atoms with Crippen molar-refractivity contribution in [2.45, 2.75) is 18.9 Å². The third-order valence-electron chi connectivity index (χ3n) is 4.37. The predicted octanol–water partition coefficient (Wildman–Crippen LogP) is 3.19. The first-order valence-corrected chi connectivity index (χ1v) is 8.98. The Kier molecular flexibility index (Phi) is 5.38. The lowest BCUT2D eigenvalue weighted by Crippen LogP contribution is -2.46. The Bertz CT molecular complexity index is 786. The number of carbonyl (C=O) groups excluding carboxylic acids is 2. The Labute approximate surface area is 154 Å². The molecule has 6 heteroatoms. The molecule has 0 saturated carbocycles. The molecule has 0 unspecified atom stereocenters. The average molecular weight is 403 g/mol. The maximum absolute atomic E-state index is 12.5. The maximum atomic E-state index is 12.5. The van der Waals surface area contributed by atoms with E-state index < -0.39 is 0 Å². The van der Waals surface area contributed by atoms with E-state index in [1.807, 2.05) is 18.2 Å². The smallest absolute Gasteiger partial charge is 0.257 e. The second-order valence-corrected chi connectivity index (χ2v) is 6.89. The van der Waals surface area contributed by atoms with Crippen LogP contribution in [-0.4, -0.2) is 41.0 Å². The fourth-order valence-electron chi connectivity index (χ4n) is 2.96. The van der Waals surface area contributed by atoms with Crippen LogP contribution >= 0.6 is 15.9 Å². The van der Waals surface area contributed by atoms with Crippen molar-refractivity contribution in [3.05, 3.63) is 64.1 Å². The van der Waals surface area contributed by atoms with Gasteiger partial charge in [0, 0.05) is 23.6 Å². The standard InChI is InChI=1S/C19H19BrN2O3/c20-16-7-3-1-5-14(16)18(24)21-13-9-11-22(12-10-13)19(25)15-6-2-4-8-17(15)23/h1-8,13,23H,9-12H2,(H,21,24). The Hall–Kier alpha value is -2.34. The summed E-state index contributed by atoms with van der Waals surface area (Å²) in [4.78, 5) is 26.6. The molecule has 2 amide bonds. The zero-order valence-corrected chi connectivity index (χ0v) is 15.2. The number of hydrogen-bond donors (Lipinski definition) is 2. The minimum atomic E-state index is -0.173. The molecule has 1 saturated heterocycles. The van der Waals surface area contributed by atoms with Crippen molar-refractivity contribution in [2.75, 3.05) is 13.1 Å². The van der Waals surface area contributed by atoms with Crippen molar-refractivity contribution in [3.8, 4) is 5.75 Å².